The molecule has 0 amide bonds. The number of carbonyl (C=O) groups excluding carboxylic acids is 2. The van der Waals surface area contributed by atoms with Gasteiger partial charge in [0.15, 0.2) is 5.78 Å². The van der Waals surface area contributed by atoms with Crippen LogP contribution >= 0.6 is 15.9 Å². The van der Waals surface area contributed by atoms with Crippen molar-refractivity contribution in [1.29, 1.82) is 0 Å². The zero-order valence-electron chi connectivity index (χ0n) is 10.0. The topological polar surface area (TPSA) is 34.1 Å². The second-order valence-corrected chi connectivity index (χ2v) is 6.22. The summed E-state index contributed by atoms with van der Waals surface area (Å²) in [4.78, 5) is 24.4. The number of ketones is 2. The first kappa shape index (κ1) is 12.1. The Labute approximate surface area is 115 Å². The zero-order chi connectivity index (χ0) is 12.7. The summed E-state index contributed by atoms with van der Waals surface area (Å²) in [6.45, 7) is 0. The number of Topliss-reactive ketones (excluding diaryl/α,β-unsaturated/α-hetero) is 2. The lowest BCUT2D eigenvalue weighted by Crippen LogP contribution is -2.49. The molecule has 0 spiro atoms. The van der Waals surface area contributed by atoms with E-state index in [1.807, 2.05) is 30.3 Å². The smallest absolute Gasteiger partial charge is 0.157 e. The molecule has 1 aromatic carbocycles. The van der Waals surface area contributed by atoms with Gasteiger partial charge in [-0.05, 0) is 18.4 Å². The lowest BCUT2D eigenvalue weighted by Gasteiger charge is -2.41. The van der Waals surface area contributed by atoms with Crippen molar-refractivity contribution < 1.29 is 9.59 Å². The minimum Gasteiger partial charge on any atom is -0.299 e. The molecule has 3 rings (SSSR count). The van der Waals surface area contributed by atoms with E-state index in [9.17, 15) is 9.59 Å². The minimum atomic E-state index is -0.340. The third-order valence-corrected chi connectivity index (χ3v) is 5.29. The summed E-state index contributed by atoms with van der Waals surface area (Å²) in [5.74, 6) is -0.0373. The number of hydrogen-bond donors (Lipinski definition) is 0. The van der Waals surface area contributed by atoms with Gasteiger partial charge < -0.3 is 0 Å². The molecule has 94 valence electrons. The monoisotopic (exact) mass is 306 g/mol. The highest BCUT2D eigenvalue weighted by Gasteiger charge is 2.50. The molecule has 0 aliphatic heterocycles. The van der Waals surface area contributed by atoms with Gasteiger partial charge >= 0.3 is 0 Å². The standard InChI is InChI=1S/C15H15BrO2/c16-13-12(9-5-2-1-3-6-9)10-7-4-8-11(14(10)17)15(13)18/h1-3,5-6,10-13H,4,7-8H2/t10-,11-,12-,13+/m0/s1. The molecule has 4 atom stereocenters. The fraction of sp³-hybridized carbons (Fsp3) is 0.467. The average Bonchev–Trinajstić information content (AvgIpc) is 2.39. The first-order chi connectivity index (χ1) is 8.70. The summed E-state index contributed by atoms with van der Waals surface area (Å²) >= 11 is 3.54. The van der Waals surface area contributed by atoms with Gasteiger partial charge in [0.1, 0.15) is 5.78 Å². The third kappa shape index (κ3) is 1.76. The van der Waals surface area contributed by atoms with Crippen LogP contribution in [0.15, 0.2) is 30.3 Å². The quantitative estimate of drug-likeness (QED) is 0.590. The van der Waals surface area contributed by atoms with E-state index >= 15 is 0 Å². The number of alkyl halides is 1. The van der Waals surface area contributed by atoms with Crippen LogP contribution in [-0.4, -0.2) is 16.4 Å². The van der Waals surface area contributed by atoms with Crippen LogP contribution in [0.4, 0.5) is 0 Å². The normalized spacial score (nSPS) is 35.6. The highest BCUT2D eigenvalue weighted by molar-refractivity contribution is 9.10. The van der Waals surface area contributed by atoms with Crippen LogP contribution in [0, 0.1) is 11.8 Å². The van der Waals surface area contributed by atoms with Crippen molar-refractivity contribution in [2.75, 3.05) is 0 Å². The van der Waals surface area contributed by atoms with E-state index in [4.69, 9.17) is 0 Å². The molecular formula is C15H15BrO2. The molecule has 0 aromatic heterocycles. The maximum atomic E-state index is 12.3. The molecule has 3 heteroatoms. The van der Waals surface area contributed by atoms with Crippen molar-refractivity contribution in [3.05, 3.63) is 35.9 Å². The molecule has 0 heterocycles. The van der Waals surface area contributed by atoms with Gasteiger partial charge in [0, 0.05) is 11.8 Å². The van der Waals surface area contributed by atoms with E-state index in [-0.39, 0.29) is 34.1 Å². The fourth-order valence-electron chi connectivity index (χ4n) is 3.37. The molecule has 0 saturated heterocycles. The molecule has 2 aliphatic carbocycles. The number of benzene rings is 1. The number of carbonyl (C=O) groups is 2. The second kappa shape index (κ2) is 4.61. The predicted molar refractivity (Wildman–Crippen MR) is 72.7 cm³/mol. The molecule has 2 aliphatic rings. The van der Waals surface area contributed by atoms with E-state index in [0.717, 1.165) is 24.8 Å². The Morgan fingerprint density at radius 3 is 2.44 bits per heavy atom. The van der Waals surface area contributed by atoms with Crippen molar-refractivity contribution in [3.63, 3.8) is 0 Å². The van der Waals surface area contributed by atoms with E-state index < -0.39 is 0 Å². The van der Waals surface area contributed by atoms with Gasteiger partial charge in [-0.3, -0.25) is 9.59 Å². The molecule has 2 bridgehead atoms. The summed E-state index contributed by atoms with van der Waals surface area (Å²) < 4.78 is 0. The Bertz CT molecular complexity index is 475. The maximum Gasteiger partial charge on any atom is 0.157 e. The van der Waals surface area contributed by atoms with Crippen LogP contribution in [0.3, 0.4) is 0 Å². The molecule has 1 aromatic rings. The van der Waals surface area contributed by atoms with Crippen molar-refractivity contribution in [2.24, 2.45) is 11.8 Å². The summed E-state index contributed by atoms with van der Waals surface area (Å²) in [7, 11) is 0. The number of hydrogen-bond acceptors (Lipinski definition) is 2. The molecule has 0 N–H and O–H groups in total. The van der Waals surface area contributed by atoms with Crippen molar-refractivity contribution in [1.82, 2.24) is 0 Å². The van der Waals surface area contributed by atoms with Crippen molar-refractivity contribution in [3.8, 4) is 0 Å². The molecule has 2 nitrogen and oxygen atoms in total. The molecule has 18 heavy (non-hydrogen) atoms. The average molecular weight is 307 g/mol. The molecule has 0 unspecified atom stereocenters. The Balaban J connectivity index is 2.02. The van der Waals surface area contributed by atoms with Crippen LogP contribution in [0.25, 0.3) is 0 Å². The van der Waals surface area contributed by atoms with Crippen LogP contribution in [0.1, 0.15) is 30.7 Å². The lowest BCUT2D eigenvalue weighted by molar-refractivity contribution is -0.141. The van der Waals surface area contributed by atoms with Gasteiger partial charge in [-0.25, -0.2) is 0 Å². The highest BCUT2D eigenvalue weighted by Crippen LogP contribution is 2.46. The highest BCUT2D eigenvalue weighted by atomic mass is 79.9. The molecular weight excluding hydrogens is 292 g/mol. The largest absolute Gasteiger partial charge is 0.299 e. The van der Waals surface area contributed by atoms with Gasteiger partial charge in [0.2, 0.25) is 0 Å². The van der Waals surface area contributed by atoms with Crippen LogP contribution < -0.4 is 0 Å². The zero-order valence-corrected chi connectivity index (χ0v) is 11.6. The summed E-state index contributed by atoms with van der Waals surface area (Å²) in [6.07, 6.45) is 2.66. The first-order valence-electron chi connectivity index (χ1n) is 6.46. The number of halogens is 1. The number of rotatable bonds is 1. The van der Waals surface area contributed by atoms with E-state index in [0.29, 0.717) is 0 Å². The number of fused-ring (bicyclic) bond motifs is 2. The van der Waals surface area contributed by atoms with Crippen LogP contribution in [0.5, 0.6) is 0 Å². The van der Waals surface area contributed by atoms with Gasteiger partial charge in [-0.1, -0.05) is 52.7 Å². The minimum absolute atomic E-state index is 0.0164. The lowest BCUT2D eigenvalue weighted by atomic mass is 9.63. The Hall–Kier alpha value is -0.960. The summed E-state index contributed by atoms with van der Waals surface area (Å²) in [5, 5.41) is 0. The summed E-state index contributed by atoms with van der Waals surface area (Å²) in [5.41, 5.74) is 1.10. The van der Waals surface area contributed by atoms with Crippen LogP contribution in [-0.2, 0) is 9.59 Å². The summed E-state index contributed by atoms with van der Waals surface area (Å²) in [6, 6.07) is 9.95. The van der Waals surface area contributed by atoms with Gasteiger partial charge in [-0.2, -0.15) is 0 Å². The Morgan fingerprint density at radius 1 is 1.00 bits per heavy atom. The second-order valence-electron chi connectivity index (χ2n) is 5.23. The Morgan fingerprint density at radius 2 is 1.72 bits per heavy atom. The molecule has 2 saturated carbocycles. The van der Waals surface area contributed by atoms with Gasteiger partial charge in [0.05, 0.1) is 10.7 Å². The molecule has 0 radical (unpaired) electrons. The van der Waals surface area contributed by atoms with Gasteiger partial charge in [0.25, 0.3) is 0 Å². The van der Waals surface area contributed by atoms with Crippen LogP contribution in [0.2, 0.25) is 0 Å². The first-order valence-corrected chi connectivity index (χ1v) is 7.38. The van der Waals surface area contributed by atoms with E-state index in [2.05, 4.69) is 15.9 Å². The molecule has 2 fully saturated rings. The maximum absolute atomic E-state index is 12.3. The van der Waals surface area contributed by atoms with Gasteiger partial charge in [-0.15, -0.1) is 0 Å². The fourth-order valence-corrected chi connectivity index (χ4v) is 4.37. The third-order valence-electron chi connectivity index (χ3n) is 4.27. The van der Waals surface area contributed by atoms with Crippen molar-refractivity contribution in [2.45, 2.75) is 30.0 Å². The Kier molecular flexibility index (Phi) is 3.10. The SMILES string of the molecule is O=C1[C@@H]2CCC[C@H]1[C@H](c1ccccc1)[C@@H](Br)C2=O. The predicted octanol–water partition coefficient (Wildman–Crippen LogP) is 3.10. The van der Waals surface area contributed by atoms with Crippen molar-refractivity contribution >= 4 is 27.5 Å². The van der Waals surface area contributed by atoms with E-state index in [1.54, 1.807) is 0 Å². The van der Waals surface area contributed by atoms with E-state index in [1.165, 1.54) is 0 Å².